The summed E-state index contributed by atoms with van der Waals surface area (Å²) in [6.45, 7) is 9.30. The van der Waals surface area contributed by atoms with Gasteiger partial charge >= 0.3 is 0 Å². The van der Waals surface area contributed by atoms with Gasteiger partial charge in [0.05, 0.1) is 72.7 Å². The molecular weight excluding hydrogens is 352 g/mol. The zero-order valence-electron chi connectivity index (χ0n) is 16.0. The number of aliphatic hydroxyl groups is 1. The second-order valence-corrected chi connectivity index (χ2v) is 5.42. The molecule has 1 rings (SSSR count). The first-order valence-corrected chi connectivity index (χ1v) is 9.21. The predicted octanol–water partition coefficient (Wildman–Crippen LogP) is 1.75. The van der Waals surface area contributed by atoms with Crippen LogP contribution in [0.2, 0.25) is 0 Å². The van der Waals surface area contributed by atoms with Gasteiger partial charge < -0.3 is 33.5 Å². The number of ether oxygens (including phenoxy) is 6. The van der Waals surface area contributed by atoms with Gasteiger partial charge in [-0.25, -0.2) is 0 Å². The summed E-state index contributed by atoms with van der Waals surface area (Å²) in [5.41, 5.74) is 0.973. The first kappa shape index (κ1) is 23.6. The van der Waals surface area contributed by atoms with Crippen molar-refractivity contribution < 1.29 is 33.5 Å². The summed E-state index contributed by atoms with van der Waals surface area (Å²) in [6.07, 6.45) is 0. The van der Waals surface area contributed by atoms with Crippen molar-refractivity contribution in [3.8, 4) is 0 Å². The van der Waals surface area contributed by atoms with E-state index in [-0.39, 0.29) is 6.61 Å². The van der Waals surface area contributed by atoms with E-state index in [2.05, 4.69) is 6.58 Å². The van der Waals surface area contributed by atoms with Gasteiger partial charge in [-0.1, -0.05) is 36.9 Å². The lowest BCUT2D eigenvalue weighted by Crippen LogP contribution is -2.14. The molecule has 1 aromatic rings. The Kier molecular flexibility index (Phi) is 15.6. The summed E-state index contributed by atoms with van der Waals surface area (Å²) in [6, 6.07) is 9.77. The summed E-state index contributed by atoms with van der Waals surface area (Å²) in [4.78, 5) is 0. The Hall–Kier alpha value is -1.48. The van der Waals surface area contributed by atoms with Crippen LogP contribution in [0.5, 0.6) is 0 Å². The Labute approximate surface area is 161 Å². The average Bonchev–Trinajstić information content (AvgIpc) is 2.70. The smallest absolute Gasteiger partial charge is 0.119 e. The molecule has 0 amide bonds. The maximum absolute atomic E-state index is 8.53. The lowest BCUT2D eigenvalue weighted by molar-refractivity contribution is -0.0151. The standard InChI is InChI=1S/C20H32O7/c1-19(20-5-3-2-4-6-20)27-18-17-26-16-15-25-14-13-24-12-11-23-10-9-22-8-7-21/h2-6,21H,1,7-18H2. The number of aliphatic hydroxyl groups excluding tert-OH is 1. The van der Waals surface area contributed by atoms with Crippen molar-refractivity contribution >= 4 is 5.76 Å². The SMILES string of the molecule is C=C(OCCOCCOCCOCCOCCOCCO)c1ccccc1. The molecule has 1 aromatic carbocycles. The molecule has 7 nitrogen and oxygen atoms in total. The predicted molar refractivity (Wildman–Crippen MR) is 103 cm³/mol. The van der Waals surface area contributed by atoms with Gasteiger partial charge in [-0.15, -0.1) is 0 Å². The maximum Gasteiger partial charge on any atom is 0.119 e. The van der Waals surface area contributed by atoms with Gasteiger partial charge in [0.15, 0.2) is 0 Å². The van der Waals surface area contributed by atoms with Gasteiger partial charge in [0.1, 0.15) is 12.4 Å². The molecule has 0 unspecified atom stereocenters. The Morgan fingerprint density at radius 2 is 1.04 bits per heavy atom. The van der Waals surface area contributed by atoms with Crippen LogP contribution in [0.15, 0.2) is 36.9 Å². The lowest BCUT2D eigenvalue weighted by atomic mass is 10.2. The van der Waals surface area contributed by atoms with Crippen LogP contribution >= 0.6 is 0 Å². The molecule has 0 spiro atoms. The van der Waals surface area contributed by atoms with E-state index < -0.39 is 0 Å². The van der Waals surface area contributed by atoms with Crippen LogP contribution in [0, 0.1) is 0 Å². The Balaban J connectivity index is 1.75. The fraction of sp³-hybridized carbons (Fsp3) is 0.600. The second-order valence-electron chi connectivity index (χ2n) is 5.42. The van der Waals surface area contributed by atoms with E-state index in [4.69, 9.17) is 33.5 Å². The molecule has 0 saturated carbocycles. The van der Waals surface area contributed by atoms with E-state index in [1.807, 2.05) is 30.3 Å². The van der Waals surface area contributed by atoms with E-state index >= 15 is 0 Å². The molecule has 27 heavy (non-hydrogen) atoms. The van der Waals surface area contributed by atoms with Crippen LogP contribution in [0.1, 0.15) is 5.56 Å². The van der Waals surface area contributed by atoms with E-state index in [9.17, 15) is 0 Å². The summed E-state index contributed by atoms with van der Waals surface area (Å²) in [5.74, 6) is 0.647. The summed E-state index contributed by atoms with van der Waals surface area (Å²) in [7, 11) is 0. The average molecular weight is 384 g/mol. The fourth-order valence-corrected chi connectivity index (χ4v) is 1.98. The molecule has 0 heterocycles. The molecule has 0 bridgehead atoms. The third kappa shape index (κ3) is 14.3. The molecule has 0 atom stereocenters. The first-order valence-electron chi connectivity index (χ1n) is 9.21. The molecule has 0 aromatic heterocycles. The quantitative estimate of drug-likeness (QED) is 0.288. The molecule has 0 aliphatic heterocycles. The topological polar surface area (TPSA) is 75.6 Å². The molecule has 0 fully saturated rings. The molecule has 0 radical (unpaired) electrons. The number of hydrogen-bond donors (Lipinski definition) is 1. The summed E-state index contributed by atoms with van der Waals surface area (Å²) >= 11 is 0. The third-order valence-electron chi connectivity index (χ3n) is 3.32. The Morgan fingerprint density at radius 3 is 1.48 bits per heavy atom. The van der Waals surface area contributed by atoms with Crippen molar-refractivity contribution in [1.82, 2.24) is 0 Å². The van der Waals surface area contributed by atoms with Crippen LogP contribution in [-0.4, -0.2) is 84.4 Å². The largest absolute Gasteiger partial charge is 0.491 e. The van der Waals surface area contributed by atoms with Crippen molar-refractivity contribution in [2.75, 3.05) is 79.3 Å². The van der Waals surface area contributed by atoms with E-state index in [1.165, 1.54) is 0 Å². The summed E-state index contributed by atoms with van der Waals surface area (Å²) in [5, 5.41) is 8.53. The minimum Gasteiger partial charge on any atom is -0.491 e. The highest BCUT2D eigenvalue weighted by Crippen LogP contribution is 2.12. The molecule has 0 saturated heterocycles. The van der Waals surface area contributed by atoms with Crippen LogP contribution in [0.3, 0.4) is 0 Å². The Morgan fingerprint density at radius 1 is 0.630 bits per heavy atom. The van der Waals surface area contributed by atoms with Gasteiger partial charge in [0.2, 0.25) is 0 Å². The minimum absolute atomic E-state index is 0.0337. The van der Waals surface area contributed by atoms with Gasteiger partial charge in [-0.05, 0) is 0 Å². The van der Waals surface area contributed by atoms with Crippen molar-refractivity contribution in [2.24, 2.45) is 0 Å². The van der Waals surface area contributed by atoms with Crippen LogP contribution in [0.25, 0.3) is 5.76 Å². The molecule has 154 valence electrons. The van der Waals surface area contributed by atoms with Crippen LogP contribution in [0.4, 0.5) is 0 Å². The second kappa shape index (κ2) is 17.9. The van der Waals surface area contributed by atoms with Crippen LogP contribution < -0.4 is 0 Å². The lowest BCUT2D eigenvalue weighted by Gasteiger charge is -2.10. The number of hydrogen-bond acceptors (Lipinski definition) is 7. The maximum atomic E-state index is 8.53. The monoisotopic (exact) mass is 384 g/mol. The van der Waals surface area contributed by atoms with Crippen molar-refractivity contribution in [2.45, 2.75) is 0 Å². The zero-order valence-corrected chi connectivity index (χ0v) is 16.0. The third-order valence-corrected chi connectivity index (χ3v) is 3.32. The van der Waals surface area contributed by atoms with Gasteiger partial charge in [0, 0.05) is 5.56 Å². The first-order chi connectivity index (χ1) is 13.3. The normalized spacial score (nSPS) is 10.9. The highest BCUT2D eigenvalue weighted by atomic mass is 16.6. The Bertz CT molecular complexity index is 453. The fourth-order valence-electron chi connectivity index (χ4n) is 1.98. The number of benzene rings is 1. The van der Waals surface area contributed by atoms with Crippen molar-refractivity contribution in [3.05, 3.63) is 42.5 Å². The van der Waals surface area contributed by atoms with E-state index in [1.54, 1.807) is 0 Å². The molecular formula is C20H32O7. The molecule has 1 N–H and O–H groups in total. The highest BCUT2D eigenvalue weighted by molar-refractivity contribution is 5.56. The van der Waals surface area contributed by atoms with E-state index in [0.717, 1.165) is 5.56 Å². The van der Waals surface area contributed by atoms with Crippen molar-refractivity contribution in [1.29, 1.82) is 0 Å². The van der Waals surface area contributed by atoms with Gasteiger partial charge in [-0.2, -0.15) is 0 Å². The van der Waals surface area contributed by atoms with E-state index in [0.29, 0.717) is 78.4 Å². The van der Waals surface area contributed by atoms with Gasteiger partial charge in [0.25, 0.3) is 0 Å². The van der Waals surface area contributed by atoms with Crippen LogP contribution in [-0.2, 0) is 28.4 Å². The zero-order chi connectivity index (χ0) is 19.4. The molecule has 0 aliphatic carbocycles. The highest BCUT2D eigenvalue weighted by Gasteiger charge is 1.98. The summed E-state index contributed by atoms with van der Waals surface area (Å²) < 4.78 is 32.1. The van der Waals surface area contributed by atoms with Crippen molar-refractivity contribution in [3.63, 3.8) is 0 Å². The molecule has 7 heteroatoms. The molecule has 0 aliphatic rings. The van der Waals surface area contributed by atoms with Gasteiger partial charge in [-0.3, -0.25) is 0 Å². The minimum atomic E-state index is 0.0337. The number of rotatable bonds is 19.